The molecule has 0 aromatic carbocycles. The molecule has 0 radical (unpaired) electrons. The van der Waals surface area contributed by atoms with E-state index in [1.165, 1.54) is 45.4 Å². The van der Waals surface area contributed by atoms with Crippen molar-refractivity contribution in [1.82, 2.24) is 15.1 Å². The van der Waals surface area contributed by atoms with Crippen LogP contribution < -0.4 is 5.32 Å². The number of hydrogen-bond acceptors (Lipinski definition) is 3. The Bertz CT molecular complexity index is 277. The summed E-state index contributed by atoms with van der Waals surface area (Å²) in [6.45, 7) is 16.7. The smallest absolute Gasteiger partial charge is 0.0223 e. The van der Waals surface area contributed by atoms with E-state index in [1.54, 1.807) is 0 Å². The highest BCUT2D eigenvalue weighted by Gasteiger charge is 2.35. The van der Waals surface area contributed by atoms with Gasteiger partial charge in [0.1, 0.15) is 0 Å². The van der Waals surface area contributed by atoms with E-state index in [2.05, 4.69) is 42.8 Å². The van der Waals surface area contributed by atoms with E-state index in [9.17, 15) is 0 Å². The number of piperazine rings is 1. The van der Waals surface area contributed by atoms with Crippen molar-refractivity contribution in [1.29, 1.82) is 0 Å². The molecule has 0 bridgehead atoms. The molecule has 0 saturated carbocycles. The molecule has 0 aliphatic carbocycles. The van der Waals surface area contributed by atoms with Gasteiger partial charge in [-0.3, -0.25) is 9.80 Å². The highest BCUT2D eigenvalue weighted by molar-refractivity contribution is 4.91. The zero-order chi connectivity index (χ0) is 13.9. The van der Waals surface area contributed by atoms with Crippen LogP contribution in [-0.2, 0) is 0 Å². The molecule has 19 heavy (non-hydrogen) atoms. The Morgan fingerprint density at radius 1 is 1.21 bits per heavy atom. The van der Waals surface area contributed by atoms with Crippen LogP contribution in [0.2, 0.25) is 0 Å². The lowest BCUT2D eigenvalue weighted by Crippen LogP contribution is -2.60. The minimum Gasteiger partial charge on any atom is -0.316 e. The molecule has 2 unspecified atom stereocenters. The minimum atomic E-state index is 0.376. The quantitative estimate of drug-likeness (QED) is 0.824. The van der Waals surface area contributed by atoms with E-state index in [-0.39, 0.29) is 0 Å². The molecule has 1 N–H and O–H groups in total. The fourth-order valence-corrected chi connectivity index (χ4v) is 3.70. The molecule has 2 heterocycles. The van der Waals surface area contributed by atoms with Crippen LogP contribution in [0.3, 0.4) is 0 Å². The Balaban J connectivity index is 1.89. The minimum absolute atomic E-state index is 0.376. The SMILES string of the molecule is CCNCC(C)(C)CN1CC2CCCCN2CC1C. The largest absolute Gasteiger partial charge is 0.316 e. The van der Waals surface area contributed by atoms with Crippen LogP contribution in [0.5, 0.6) is 0 Å². The lowest BCUT2D eigenvalue weighted by Gasteiger charge is -2.49. The molecule has 3 heteroatoms. The molecule has 2 saturated heterocycles. The van der Waals surface area contributed by atoms with Gasteiger partial charge >= 0.3 is 0 Å². The van der Waals surface area contributed by atoms with Crippen LogP contribution in [0.25, 0.3) is 0 Å². The van der Waals surface area contributed by atoms with Crippen molar-refractivity contribution >= 4 is 0 Å². The third-order valence-electron chi connectivity index (χ3n) is 4.80. The lowest BCUT2D eigenvalue weighted by molar-refractivity contribution is -0.00176. The van der Waals surface area contributed by atoms with Gasteiger partial charge in [-0.1, -0.05) is 27.2 Å². The molecule has 0 amide bonds. The topological polar surface area (TPSA) is 18.5 Å². The molecule has 2 fully saturated rings. The lowest BCUT2D eigenvalue weighted by atomic mass is 9.89. The van der Waals surface area contributed by atoms with Crippen molar-refractivity contribution in [3.63, 3.8) is 0 Å². The summed E-state index contributed by atoms with van der Waals surface area (Å²) in [6, 6.07) is 1.55. The van der Waals surface area contributed by atoms with Crippen LogP contribution in [0, 0.1) is 5.41 Å². The van der Waals surface area contributed by atoms with Gasteiger partial charge in [0.15, 0.2) is 0 Å². The molecule has 2 aliphatic rings. The second kappa shape index (κ2) is 6.55. The van der Waals surface area contributed by atoms with Gasteiger partial charge in [-0.15, -0.1) is 0 Å². The van der Waals surface area contributed by atoms with E-state index in [0.29, 0.717) is 5.41 Å². The van der Waals surface area contributed by atoms with Crippen LogP contribution >= 0.6 is 0 Å². The summed E-state index contributed by atoms with van der Waals surface area (Å²) in [5.41, 5.74) is 0.376. The van der Waals surface area contributed by atoms with Crippen molar-refractivity contribution in [2.75, 3.05) is 39.3 Å². The zero-order valence-electron chi connectivity index (χ0n) is 13.4. The van der Waals surface area contributed by atoms with E-state index in [1.807, 2.05) is 0 Å². The van der Waals surface area contributed by atoms with E-state index < -0.39 is 0 Å². The second-order valence-electron chi connectivity index (χ2n) is 7.37. The first-order valence-electron chi connectivity index (χ1n) is 8.20. The Hall–Kier alpha value is -0.120. The first kappa shape index (κ1) is 15.3. The van der Waals surface area contributed by atoms with Gasteiger partial charge in [0, 0.05) is 38.3 Å². The molecule has 2 rings (SSSR count). The molecular weight excluding hydrogens is 234 g/mol. The van der Waals surface area contributed by atoms with E-state index in [0.717, 1.165) is 25.2 Å². The Labute approximate surface area is 119 Å². The van der Waals surface area contributed by atoms with Gasteiger partial charge in [-0.2, -0.15) is 0 Å². The average molecular weight is 267 g/mol. The van der Waals surface area contributed by atoms with Gasteiger partial charge in [0.2, 0.25) is 0 Å². The van der Waals surface area contributed by atoms with E-state index >= 15 is 0 Å². The maximum atomic E-state index is 3.51. The molecule has 2 aliphatic heterocycles. The normalized spacial score (nSPS) is 30.3. The molecule has 3 nitrogen and oxygen atoms in total. The summed E-state index contributed by atoms with van der Waals surface area (Å²) in [5.74, 6) is 0. The summed E-state index contributed by atoms with van der Waals surface area (Å²) < 4.78 is 0. The standard InChI is InChI=1S/C16H33N3/c1-5-17-12-16(3,4)13-19-11-15-8-6-7-9-18(15)10-14(19)2/h14-15,17H,5-13H2,1-4H3. The summed E-state index contributed by atoms with van der Waals surface area (Å²) in [6.07, 6.45) is 4.26. The van der Waals surface area contributed by atoms with Crippen LogP contribution in [0.4, 0.5) is 0 Å². The molecule has 0 spiro atoms. The van der Waals surface area contributed by atoms with Gasteiger partial charge < -0.3 is 5.32 Å². The number of piperidine rings is 1. The molecule has 0 aromatic heterocycles. The maximum absolute atomic E-state index is 3.51. The van der Waals surface area contributed by atoms with Gasteiger partial charge in [0.25, 0.3) is 0 Å². The van der Waals surface area contributed by atoms with Gasteiger partial charge in [-0.25, -0.2) is 0 Å². The Morgan fingerprint density at radius 2 is 2.00 bits per heavy atom. The van der Waals surface area contributed by atoms with Crippen LogP contribution in [0.15, 0.2) is 0 Å². The fraction of sp³-hybridized carbons (Fsp3) is 1.00. The van der Waals surface area contributed by atoms with Crippen molar-refractivity contribution in [3.8, 4) is 0 Å². The molecule has 112 valence electrons. The number of nitrogens with one attached hydrogen (secondary N) is 1. The second-order valence-corrected chi connectivity index (χ2v) is 7.37. The predicted molar refractivity (Wildman–Crippen MR) is 82.6 cm³/mol. The maximum Gasteiger partial charge on any atom is 0.0223 e. The first-order chi connectivity index (χ1) is 9.02. The van der Waals surface area contributed by atoms with Crippen molar-refractivity contribution in [2.45, 2.75) is 59.0 Å². The average Bonchev–Trinajstić information content (AvgIpc) is 2.37. The van der Waals surface area contributed by atoms with Crippen molar-refractivity contribution in [3.05, 3.63) is 0 Å². The Kier molecular flexibility index (Phi) is 5.27. The van der Waals surface area contributed by atoms with Gasteiger partial charge in [0.05, 0.1) is 0 Å². The molecule has 0 aromatic rings. The third kappa shape index (κ3) is 4.17. The fourth-order valence-electron chi connectivity index (χ4n) is 3.70. The summed E-state index contributed by atoms with van der Waals surface area (Å²) in [5, 5.41) is 3.51. The third-order valence-corrected chi connectivity index (χ3v) is 4.80. The monoisotopic (exact) mass is 267 g/mol. The summed E-state index contributed by atoms with van der Waals surface area (Å²) >= 11 is 0. The summed E-state index contributed by atoms with van der Waals surface area (Å²) in [4.78, 5) is 5.48. The van der Waals surface area contributed by atoms with Crippen molar-refractivity contribution in [2.24, 2.45) is 5.41 Å². The molecular formula is C16H33N3. The van der Waals surface area contributed by atoms with E-state index in [4.69, 9.17) is 0 Å². The van der Waals surface area contributed by atoms with Gasteiger partial charge in [-0.05, 0) is 38.3 Å². The highest BCUT2D eigenvalue weighted by Crippen LogP contribution is 2.26. The number of nitrogens with zero attached hydrogens (tertiary/aromatic N) is 2. The highest BCUT2D eigenvalue weighted by atomic mass is 15.3. The number of fused-ring (bicyclic) bond motifs is 1. The van der Waals surface area contributed by atoms with Crippen molar-refractivity contribution < 1.29 is 0 Å². The molecule has 2 atom stereocenters. The first-order valence-corrected chi connectivity index (χ1v) is 8.20. The predicted octanol–water partition coefficient (Wildman–Crippen LogP) is 2.18. The number of rotatable bonds is 5. The van der Waals surface area contributed by atoms with Crippen LogP contribution in [0.1, 0.15) is 47.0 Å². The summed E-state index contributed by atoms with van der Waals surface area (Å²) in [7, 11) is 0. The zero-order valence-corrected chi connectivity index (χ0v) is 13.4. The Morgan fingerprint density at radius 3 is 2.74 bits per heavy atom. The number of hydrogen-bond donors (Lipinski definition) is 1. The van der Waals surface area contributed by atoms with Crippen LogP contribution in [-0.4, -0.2) is 61.2 Å².